The molecule has 2 aromatic carbocycles. The smallest absolute Gasteiger partial charge is 0.159 e. The lowest BCUT2D eigenvalue weighted by Gasteiger charge is -2.08. The van der Waals surface area contributed by atoms with Crippen LogP contribution in [0.25, 0.3) is 0 Å². The molecule has 22 heavy (non-hydrogen) atoms. The molecule has 6 heteroatoms. The molecule has 0 radical (unpaired) electrons. The van der Waals surface area contributed by atoms with E-state index in [1.165, 1.54) is 6.07 Å². The summed E-state index contributed by atoms with van der Waals surface area (Å²) in [5, 5.41) is 12.8. The largest absolute Gasteiger partial charge is 0.392 e. The second-order valence-corrected chi connectivity index (χ2v) is 4.45. The molecule has 1 N–H and O–H groups in total. The van der Waals surface area contributed by atoms with Gasteiger partial charge in [-0.25, -0.2) is 13.2 Å². The molecule has 0 saturated heterocycles. The summed E-state index contributed by atoms with van der Waals surface area (Å²) in [6.45, 7) is -1.06. The first-order valence-corrected chi connectivity index (χ1v) is 6.57. The SMILES string of the molecule is OCc1ccc(C(=NOCCF)c2ccc(F)c(F)c2)cc1. The highest BCUT2D eigenvalue weighted by molar-refractivity contribution is 6.12. The molecular formula is C16H14F3NO2. The zero-order valence-corrected chi connectivity index (χ0v) is 11.6. The van der Waals surface area contributed by atoms with Crippen molar-refractivity contribution in [2.24, 2.45) is 5.16 Å². The number of oxime groups is 1. The Balaban J connectivity index is 2.40. The molecule has 0 atom stereocenters. The molecule has 0 unspecified atom stereocenters. The number of aliphatic hydroxyl groups excluding tert-OH is 1. The maximum atomic E-state index is 13.4. The maximum Gasteiger partial charge on any atom is 0.159 e. The summed E-state index contributed by atoms with van der Waals surface area (Å²) in [7, 11) is 0. The third-order valence-corrected chi connectivity index (χ3v) is 2.93. The van der Waals surface area contributed by atoms with Gasteiger partial charge in [0, 0.05) is 11.1 Å². The lowest BCUT2D eigenvalue weighted by molar-refractivity contribution is 0.128. The van der Waals surface area contributed by atoms with E-state index in [0.717, 1.165) is 12.1 Å². The van der Waals surface area contributed by atoms with Crippen molar-refractivity contribution in [3.63, 3.8) is 0 Å². The lowest BCUT2D eigenvalue weighted by atomic mass is 10.0. The fourth-order valence-corrected chi connectivity index (χ4v) is 1.83. The van der Waals surface area contributed by atoms with Crippen LogP contribution in [0.5, 0.6) is 0 Å². The van der Waals surface area contributed by atoms with Crippen molar-refractivity contribution in [2.45, 2.75) is 6.61 Å². The highest BCUT2D eigenvalue weighted by atomic mass is 19.2. The van der Waals surface area contributed by atoms with Gasteiger partial charge in [-0.15, -0.1) is 0 Å². The van der Waals surface area contributed by atoms with E-state index < -0.39 is 18.3 Å². The molecule has 0 aromatic heterocycles. The topological polar surface area (TPSA) is 41.8 Å². The molecule has 2 rings (SSSR count). The minimum Gasteiger partial charge on any atom is -0.392 e. The van der Waals surface area contributed by atoms with Gasteiger partial charge in [-0.2, -0.15) is 0 Å². The van der Waals surface area contributed by atoms with Crippen LogP contribution in [-0.4, -0.2) is 24.1 Å². The Kier molecular flexibility index (Phi) is 5.55. The van der Waals surface area contributed by atoms with E-state index in [0.29, 0.717) is 16.7 Å². The fraction of sp³-hybridized carbons (Fsp3) is 0.188. The summed E-state index contributed by atoms with van der Waals surface area (Å²) >= 11 is 0. The van der Waals surface area contributed by atoms with Crippen LogP contribution in [0, 0.1) is 11.6 Å². The lowest BCUT2D eigenvalue weighted by Crippen LogP contribution is -2.06. The number of aliphatic hydroxyl groups is 1. The Morgan fingerprint density at radius 3 is 2.27 bits per heavy atom. The number of benzene rings is 2. The third kappa shape index (κ3) is 3.85. The van der Waals surface area contributed by atoms with Gasteiger partial charge in [0.05, 0.1) is 6.61 Å². The maximum absolute atomic E-state index is 13.4. The van der Waals surface area contributed by atoms with Gasteiger partial charge in [-0.1, -0.05) is 29.4 Å². The van der Waals surface area contributed by atoms with Gasteiger partial charge in [0.2, 0.25) is 0 Å². The van der Waals surface area contributed by atoms with Crippen LogP contribution in [0.4, 0.5) is 13.2 Å². The molecule has 0 amide bonds. The van der Waals surface area contributed by atoms with Crippen molar-refractivity contribution in [1.82, 2.24) is 0 Å². The van der Waals surface area contributed by atoms with Crippen LogP contribution in [0.3, 0.4) is 0 Å². The summed E-state index contributed by atoms with van der Waals surface area (Å²) in [4.78, 5) is 4.83. The number of alkyl halides is 1. The molecular weight excluding hydrogens is 295 g/mol. The van der Waals surface area contributed by atoms with Gasteiger partial charge >= 0.3 is 0 Å². The average Bonchev–Trinajstić information content (AvgIpc) is 2.55. The first-order chi connectivity index (χ1) is 10.7. The molecule has 0 aliphatic heterocycles. The third-order valence-electron chi connectivity index (χ3n) is 2.93. The number of hydrogen-bond donors (Lipinski definition) is 1. The van der Waals surface area contributed by atoms with Gasteiger partial charge < -0.3 is 9.94 Å². The second kappa shape index (κ2) is 7.61. The fourth-order valence-electron chi connectivity index (χ4n) is 1.83. The molecule has 0 aliphatic rings. The standard InChI is InChI=1S/C16H14F3NO2/c17-7-8-22-20-16(12-3-1-11(10-21)2-4-12)13-5-6-14(18)15(19)9-13/h1-6,9,21H,7-8,10H2. The van der Waals surface area contributed by atoms with Crippen LogP contribution < -0.4 is 0 Å². The summed E-state index contributed by atoms with van der Waals surface area (Å²) in [5.41, 5.74) is 1.81. The van der Waals surface area contributed by atoms with Crippen LogP contribution in [0.15, 0.2) is 47.6 Å². The molecule has 116 valence electrons. The first-order valence-electron chi connectivity index (χ1n) is 6.57. The highest BCUT2D eigenvalue weighted by Crippen LogP contribution is 2.16. The summed E-state index contributed by atoms with van der Waals surface area (Å²) < 4.78 is 38.6. The molecule has 0 aliphatic carbocycles. The molecule has 0 spiro atoms. The van der Waals surface area contributed by atoms with E-state index in [1.807, 2.05) is 0 Å². The molecule has 0 bridgehead atoms. The van der Waals surface area contributed by atoms with Crippen LogP contribution in [0.1, 0.15) is 16.7 Å². The van der Waals surface area contributed by atoms with Crippen molar-refractivity contribution >= 4 is 5.71 Å². The van der Waals surface area contributed by atoms with E-state index in [2.05, 4.69) is 5.16 Å². The number of rotatable bonds is 6. The quantitative estimate of drug-likeness (QED) is 0.506. The molecule has 2 aromatic rings. The number of nitrogens with zero attached hydrogens (tertiary/aromatic N) is 1. The van der Waals surface area contributed by atoms with E-state index in [9.17, 15) is 13.2 Å². The van der Waals surface area contributed by atoms with Crippen molar-refractivity contribution in [3.8, 4) is 0 Å². The predicted molar refractivity (Wildman–Crippen MR) is 76.3 cm³/mol. The van der Waals surface area contributed by atoms with Gasteiger partial charge in [-0.3, -0.25) is 0 Å². The van der Waals surface area contributed by atoms with Crippen LogP contribution in [0.2, 0.25) is 0 Å². The highest BCUT2D eigenvalue weighted by Gasteiger charge is 2.11. The van der Waals surface area contributed by atoms with Crippen LogP contribution in [-0.2, 0) is 11.4 Å². The van der Waals surface area contributed by atoms with Crippen LogP contribution >= 0.6 is 0 Å². The van der Waals surface area contributed by atoms with Crippen molar-refractivity contribution in [3.05, 3.63) is 70.8 Å². The average molecular weight is 309 g/mol. The van der Waals surface area contributed by atoms with Gasteiger partial charge in [-0.05, 0) is 23.8 Å². The number of hydrogen-bond acceptors (Lipinski definition) is 3. The summed E-state index contributed by atoms with van der Waals surface area (Å²) in [6.07, 6.45) is 0. The Morgan fingerprint density at radius 1 is 1.00 bits per heavy atom. The Labute approximate surface area is 125 Å². The number of halogens is 3. The normalized spacial score (nSPS) is 11.5. The molecule has 0 heterocycles. The minimum absolute atomic E-state index is 0.115. The van der Waals surface area contributed by atoms with Gasteiger partial charge in [0.1, 0.15) is 19.0 Å². The van der Waals surface area contributed by atoms with Crippen molar-refractivity contribution in [1.29, 1.82) is 0 Å². The van der Waals surface area contributed by atoms with E-state index in [-0.39, 0.29) is 18.9 Å². The van der Waals surface area contributed by atoms with E-state index >= 15 is 0 Å². The van der Waals surface area contributed by atoms with Gasteiger partial charge in [0.15, 0.2) is 11.6 Å². The predicted octanol–water partition coefficient (Wildman–Crippen LogP) is 3.20. The summed E-state index contributed by atoms with van der Waals surface area (Å²) in [6, 6.07) is 9.98. The van der Waals surface area contributed by atoms with E-state index in [1.54, 1.807) is 24.3 Å². The minimum atomic E-state index is -1.01. The Morgan fingerprint density at radius 2 is 1.68 bits per heavy atom. The van der Waals surface area contributed by atoms with Gasteiger partial charge in [0.25, 0.3) is 0 Å². The Hall–Kier alpha value is -2.34. The van der Waals surface area contributed by atoms with Crippen molar-refractivity contribution < 1.29 is 23.1 Å². The molecule has 0 saturated carbocycles. The zero-order valence-electron chi connectivity index (χ0n) is 11.6. The zero-order chi connectivity index (χ0) is 15.9. The molecule has 0 fully saturated rings. The second-order valence-electron chi connectivity index (χ2n) is 4.45. The first kappa shape index (κ1) is 16.0. The monoisotopic (exact) mass is 309 g/mol. The van der Waals surface area contributed by atoms with E-state index in [4.69, 9.17) is 9.94 Å². The van der Waals surface area contributed by atoms with Crippen molar-refractivity contribution in [2.75, 3.05) is 13.3 Å². The molecule has 3 nitrogen and oxygen atoms in total. The Bertz CT molecular complexity index is 657. The summed E-state index contributed by atoms with van der Waals surface area (Å²) in [5.74, 6) is -1.98.